The summed E-state index contributed by atoms with van der Waals surface area (Å²) in [6.45, 7) is 2.67. The maximum atomic E-state index is 12.8. The molecule has 0 aliphatic heterocycles. The fourth-order valence-corrected chi connectivity index (χ4v) is 6.79. The number of aromatic nitrogens is 2. The molecule has 0 spiro atoms. The largest absolute Gasteiger partial charge is 0.309 e. The molecule has 4 bridgehead atoms. The SMILES string of the molecule is Cc1cc(NC(=O)CC23CC4CC(CC(C4)C2)C3)nn1Cc1cccc(Cl)c1. The normalized spacial score (nSPS) is 30.6. The Bertz CT molecular complexity index is 868. The Hall–Kier alpha value is -1.81. The van der Waals surface area contributed by atoms with Crippen LogP contribution < -0.4 is 5.32 Å². The minimum atomic E-state index is 0.134. The van der Waals surface area contributed by atoms with Crippen molar-refractivity contribution in [3.63, 3.8) is 0 Å². The van der Waals surface area contributed by atoms with Crippen molar-refractivity contribution in [3.8, 4) is 0 Å². The standard InChI is InChI=1S/C23H28ClN3O/c1-15-5-21(26-27(15)14-16-3-2-4-20(24)9-16)25-22(28)13-23-10-17-6-18(11-23)8-19(7-17)12-23/h2-5,9,17-19H,6-8,10-14H2,1H3,(H,25,26,28). The van der Waals surface area contributed by atoms with Crippen LogP contribution in [-0.2, 0) is 11.3 Å². The van der Waals surface area contributed by atoms with Crippen LogP contribution >= 0.6 is 11.6 Å². The first kappa shape index (κ1) is 18.2. The van der Waals surface area contributed by atoms with Crippen LogP contribution in [0.15, 0.2) is 30.3 Å². The van der Waals surface area contributed by atoms with Crippen molar-refractivity contribution >= 4 is 23.3 Å². The highest BCUT2D eigenvalue weighted by Crippen LogP contribution is 2.61. The molecular weight excluding hydrogens is 370 g/mol. The van der Waals surface area contributed by atoms with Gasteiger partial charge < -0.3 is 5.32 Å². The van der Waals surface area contributed by atoms with Gasteiger partial charge in [-0.05, 0) is 86.3 Å². The molecule has 0 saturated heterocycles. The monoisotopic (exact) mass is 397 g/mol. The van der Waals surface area contributed by atoms with Gasteiger partial charge in [0.2, 0.25) is 5.91 Å². The molecule has 6 rings (SSSR count). The summed E-state index contributed by atoms with van der Waals surface area (Å²) in [4.78, 5) is 12.8. The van der Waals surface area contributed by atoms with Gasteiger partial charge in [-0.2, -0.15) is 5.10 Å². The van der Waals surface area contributed by atoms with Gasteiger partial charge in [-0.25, -0.2) is 0 Å². The average molecular weight is 398 g/mol. The van der Waals surface area contributed by atoms with E-state index in [0.717, 1.165) is 34.0 Å². The van der Waals surface area contributed by atoms with Crippen LogP contribution in [0.4, 0.5) is 5.82 Å². The maximum Gasteiger partial charge on any atom is 0.226 e. The molecule has 1 aromatic carbocycles. The molecule has 1 N–H and O–H groups in total. The second-order valence-electron chi connectivity index (χ2n) is 9.60. The topological polar surface area (TPSA) is 46.9 Å². The third kappa shape index (κ3) is 3.59. The van der Waals surface area contributed by atoms with E-state index >= 15 is 0 Å². The summed E-state index contributed by atoms with van der Waals surface area (Å²) in [7, 11) is 0. The Morgan fingerprint density at radius 3 is 2.50 bits per heavy atom. The summed E-state index contributed by atoms with van der Waals surface area (Å²) in [6, 6.07) is 9.77. The zero-order valence-electron chi connectivity index (χ0n) is 16.5. The van der Waals surface area contributed by atoms with Crippen LogP contribution in [0.3, 0.4) is 0 Å². The number of amides is 1. The molecular formula is C23H28ClN3O. The van der Waals surface area contributed by atoms with E-state index in [2.05, 4.69) is 10.4 Å². The Morgan fingerprint density at radius 2 is 1.86 bits per heavy atom. The zero-order chi connectivity index (χ0) is 19.3. The van der Waals surface area contributed by atoms with Crippen molar-refractivity contribution in [2.45, 2.75) is 58.4 Å². The lowest BCUT2D eigenvalue weighted by atomic mass is 9.49. The van der Waals surface area contributed by atoms with Gasteiger partial charge in [-0.3, -0.25) is 9.48 Å². The van der Waals surface area contributed by atoms with Gasteiger partial charge in [0.25, 0.3) is 0 Å². The van der Waals surface area contributed by atoms with E-state index in [1.165, 1.54) is 38.5 Å². The van der Waals surface area contributed by atoms with Crippen LogP contribution in [0.2, 0.25) is 5.02 Å². The van der Waals surface area contributed by atoms with Crippen LogP contribution in [-0.4, -0.2) is 15.7 Å². The molecule has 4 nitrogen and oxygen atoms in total. The number of nitrogens with one attached hydrogen (secondary N) is 1. The molecule has 1 heterocycles. The van der Waals surface area contributed by atoms with Crippen molar-refractivity contribution in [2.24, 2.45) is 23.2 Å². The number of anilines is 1. The number of halogens is 1. The fraction of sp³-hybridized carbons (Fsp3) is 0.565. The van der Waals surface area contributed by atoms with Gasteiger partial charge in [0.1, 0.15) is 0 Å². The highest BCUT2D eigenvalue weighted by molar-refractivity contribution is 6.30. The Labute approximate surface area is 171 Å². The summed E-state index contributed by atoms with van der Waals surface area (Å²) < 4.78 is 1.92. The minimum absolute atomic E-state index is 0.134. The van der Waals surface area contributed by atoms with E-state index in [1.54, 1.807) is 0 Å². The van der Waals surface area contributed by atoms with Gasteiger partial charge in [-0.15, -0.1) is 0 Å². The first-order valence-electron chi connectivity index (χ1n) is 10.6. The fourth-order valence-electron chi connectivity index (χ4n) is 6.57. The van der Waals surface area contributed by atoms with Gasteiger partial charge in [0.05, 0.1) is 6.54 Å². The molecule has 2 aromatic rings. The molecule has 0 unspecified atom stereocenters. The number of hydrogen-bond donors (Lipinski definition) is 1. The predicted molar refractivity (Wildman–Crippen MR) is 111 cm³/mol. The van der Waals surface area contributed by atoms with Gasteiger partial charge in [0.15, 0.2) is 5.82 Å². The maximum absolute atomic E-state index is 12.8. The second-order valence-corrected chi connectivity index (χ2v) is 10.0. The molecule has 4 aliphatic rings. The number of rotatable bonds is 5. The van der Waals surface area contributed by atoms with Gasteiger partial charge in [0, 0.05) is 23.2 Å². The number of aryl methyl sites for hydroxylation is 1. The first-order chi connectivity index (χ1) is 13.5. The summed E-state index contributed by atoms with van der Waals surface area (Å²) in [5, 5.41) is 8.42. The molecule has 1 amide bonds. The van der Waals surface area contributed by atoms with Crippen LogP contribution in [0, 0.1) is 30.1 Å². The van der Waals surface area contributed by atoms with Crippen molar-refractivity contribution < 1.29 is 4.79 Å². The van der Waals surface area contributed by atoms with E-state index < -0.39 is 0 Å². The first-order valence-corrected chi connectivity index (χ1v) is 10.9. The molecule has 5 heteroatoms. The van der Waals surface area contributed by atoms with Crippen molar-refractivity contribution in [1.82, 2.24) is 9.78 Å². The van der Waals surface area contributed by atoms with Crippen LogP contribution in [0.25, 0.3) is 0 Å². The summed E-state index contributed by atoms with van der Waals surface area (Å²) >= 11 is 6.09. The molecule has 0 atom stereocenters. The quantitative estimate of drug-likeness (QED) is 0.730. The Kier molecular flexibility index (Phi) is 4.50. The Balaban J connectivity index is 1.25. The van der Waals surface area contributed by atoms with Crippen LogP contribution in [0.1, 0.15) is 56.2 Å². The third-order valence-corrected chi connectivity index (χ3v) is 7.41. The predicted octanol–water partition coefficient (Wildman–Crippen LogP) is 5.44. The van der Waals surface area contributed by atoms with E-state index in [9.17, 15) is 4.79 Å². The van der Waals surface area contributed by atoms with E-state index in [0.29, 0.717) is 18.8 Å². The number of nitrogens with zero attached hydrogens (tertiary/aromatic N) is 2. The summed E-state index contributed by atoms with van der Waals surface area (Å²) in [6.07, 6.45) is 8.67. The molecule has 28 heavy (non-hydrogen) atoms. The van der Waals surface area contributed by atoms with E-state index in [1.807, 2.05) is 41.9 Å². The highest BCUT2D eigenvalue weighted by atomic mass is 35.5. The second kappa shape index (κ2) is 6.91. The number of carbonyl (C=O) groups is 1. The van der Waals surface area contributed by atoms with Crippen LogP contribution in [0.5, 0.6) is 0 Å². The van der Waals surface area contributed by atoms with E-state index in [-0.39, 0.29) is 11.3 Å². The molecule has 1 aromatic heterocycles. The lowest BCUT2D eigenvalue weighted by Gasteiger charge is -2.56. The summed E-state index contributed by atoms with van der Waals surface area (Å²) in [5.41, 5.74) is 2.40. The minimum Gasteiger partial charge on any atom is -0.309 e. The van der Waals surface area contributed by atoms with Crippen molar-refractivity contribution in [2.75, 3.05) is 5.32 Å². The Morgan fingerprint density at radius 1 is 1.18 bits per heavy atom. The molecule has 4 saturated carbocycles. The van der Waals surface area contributed by atoms with Crippen molar-refractivity contribution in [1.29, 1.82) is 0 Å². The molecule has 0 radical (unpaired) electrons. The lowest BCUT2D eigenvalue weighted by molar-refractivity contribution is -0.124. The number of hydrogen-bond acceptors (Lipinski definition) is 2. The molecule has 4 fully saturated rings. The summed E-state index contributed by atoms with van der Waals surface area (Å²) in [5.74, 6) is 3.42. The molecule has 148 valence electrons. The highest BCUT2D eigenvalue weighted by Gasteiger charge is 2.51. The van der Waals surface area contributed by atoms with E-state index in [4.69, 9.17) is 11.6 Å². The molecule has 4 aliphatic carbocycles. The lowest BCUT2D eigenvalue weighted by Crippen LogP contribution is -2.47. The number of benzene rings is 1. The average Bonchev–Trinajstić information content (AvgIpc) is 2.92. The van der Waals surface area contributed by atoms with Gasteiger partial charge in [-0.1, -0.05) is 23.7 Å². The third-order valence-electron chi connectivity index (χ3n) is 7.17. The zero-order valence-corrected chi connectivity index (χ0v) is 17.2. The smallest absolute Gasteiger partial charge is 0.226 e. The van der Waals surface area contributed by atoms with Crippen molar-refractivity contribution in [3.05, 3.63) is 46.6 Å². The number of carbonyl (C=O) groups excluding carboxylic acids is 1. The van der Waals surface area contributed by atoms with Gasteiger partial charge >= 0.3 is 0 Å².